The minimum absolute atomic E-state index is 0.136. The lowest BCUT2D eigenvalue weighted by atomic mass is 10.1. The quantitative estimate of drug-likeness (QED) is 0.740. The maximum Gasteiger partial charge on any atom is 0.257 e. The summed E-state index contributed by atoms with van der Waals surface area (Å²) in [5, 5.41) is 0. The van der Waals surface area contributed by atoms with E-state index < -0.39 is 10.0 Å². The van der Waals surface area contributed by atoms with Gasteiger partial charge in [-0.2, -0.15) is 4.31 Å². The zero-order valence-corrected chi connectivity index (χ0v) is 12.1. The van der Waals surface area contributed by atoms with E-state index in [1.54, 1.807) is 36.2 Å². The van der Waals surface area contributed by atoms with Crippen molar-refractivity contribution in [1.29, 1.82) is 0 Å². The first-order chi connectivity index (χ1) is 9.38. The number of carbonyl (C=O) groups is 1. The molecule has 1 aromatic rings. The van der Waals surface area contributed by atoms with Gasteiger partial charge in [-0.15, -0.1) is 0 Å². The van der Waals surface area contributed by atoms with Crippen molar-refractivity contribution in [2.75, 3.05) is 26.4 Å². The van der Waals surface area contributed by atoms with Crippen LogP contribution in [0.4, 0.5) is 0 Å². The average Bonchev–Trinajstić information content (AvgIpc) is 2.78. The van der Waals surface area contributed by atoms with Gasteiger partial charge in [0.2, 0.25) is 10.0 Å². The van der Waals surface area contributed by atoms with Crippen molar-refractivity contribution in [3.8, 4) is 5.75 Å². The molecule has 0 N–H and O–H groups in total. The number of ether oxygens (including phenoxy) is 1. The Labute approximate surface area is 118 Å². The van der Waals surface area contributed by atoms with Crippen molar-refractivity contribution in [1.82, 2.24) is 9.21 Å². The first-order valence-corrected chi connectivity index (χ1v) is 8.21. The van der Waals surface area contributed by atoms with Gasteiger partial charge in [0.1, 0.15) is 11.9 Å². The average molecular weight is 296 g/mol. The zero-order chi connectivity index (χ0) is 14.5. The fourth-order valence-corrected chi connectivity index (χ4v) is 3.57. The van der Waals surface area contributed by atoms with Crippen LogP contribution < -0.4 is 4.74 Å². The number of likely N-dealkylation sites (N-methyl/N-ethyl adjacent to an activating group) is 1. The lowest BCUT2D eigenvalue weighted by molar-refractivity contribution is 0.0683. The van der Waals surface area contributed by atoms with E-state index in [9.17, 15) is 13.2 Å². The molecule has 20 heavy (non-hydrogen) atoms. The zero-order valence-electron chi connectivity index (χ0n) is 11.3. The molecule has 1 saturated heterocycles. The Morgan fingerprint density at radius 3 is 2.65 bits per heavy atom. The van der Waals surface area contributed by atoms with Gasteiger partial charge >= 0.3 is 0 Å². The molecule has 3 rings (SSSR count). The number of hydrogen-bond acceptors (Lipinski definition) is 4. The third-order valence-corrected chi connectivity index (χ3v) is 5.12. The molecule has 0 aromatic heterocycles. The molecule has 2 aliphatic heterocycles. The van der Waals surface area contributed by atoms with Crippen LogP contribution in [0.1, 0.15) is 10.4 Å². The molecule has 108 valence electrons. The van der Waals surface area contributed by atoms with E-state index in [0.29, 0.717) is 11.3 Å². The van der Waals surface area contributed by atoms with Gasteiger partial charge in [-0.3, -0.25) is 4.79 Å². The lowest BCUT2D eigenvalue weighted by Crippen LogP contribution is -2.44. The second kappa shape index (κ2) is 4.46. The summed E-state index contributed by atoms with van der Waals surface area (Å²) < 4.78 is 30.6. The molecule has 7 heteroatoms. The SMILES string of the molecule is CN1C(=O)c2ccccc2OC2CN(S(C)(=O)=O)CC21. The largest absolute Gasteiger partial charge is 0.486 e. The molecular formula is C13H16N2O4S. The van der Waals surface area contributed by atoms with E-state index in [1.165, 1.54) is 10.6 Å². The normalized spacial score (nSPS) is 26.7. The monoisotopic (exact) mass is 296 g/mol. The highest BCUT2D eigenvalue weighted by Gasteiger charge is 2.44. The smallest absolute Gasteiger partial charge is 0.257 e. The van der Waals surface area contributed by atoms with Crippen molar-refractivity contribution in [2.45, 2.75) is 12.1 Å². The molecule has 0 spiro atoms. The standard InChI is InChI=1S/C13H16N2O4S/c1-14-10-7-15(20(2,17)18)8-12(10)19-11-6-4-3-5-9(11)13(14)16/h3-6,10,12H,7-8H2,1-2H3. The fourth-order valence-electron chi connectivity index (χ4n) is 2.73. The van der Waals surface area contributed by atoms with Crippen LogP contribution in [0.25, 0.3) is 0 Å². The van der Waals surface area contributed by atoms with Crippen molar-refractivity contribution >= 4 is 15.9 Å². The maximum absolute atomic E-state index is 12.4. The number of hydrogen-bond donors (Lipinski definition) is 0. The molecule has 0 radical (unpaired) electrons. The first-order valence-electron chi connectivity index (χ1n) is 6.36. The van der Waals surface area contributed by atoms with Gasteiger partial charge in [-0.25, -0.2) is 8.42 Å². The Balaban J connectivity index is 1.99. The van der Waals surface area contributed by atoms with E-state index >= 15 is 0 Å². The van der Waals surface area contributed by atoms with Gasteiger partial charge in [0.15, 0.2) is 0 Å². The summed E-state index contributed by atoms with van der Waals surface area (Å²) in [5.74, 6) is 0.385. The fraction of sp³-hybridized carbons (Fsp3) is 0.462. The molecule has 6 nitrogen and oxygen atoms in total. The van der Waals surface area contributed by atoms with Crippen LogP contribution in [0.2, 0.25) is 0 Å². The van der Waals surface area contributed by atoms with Gasteiger partial charge in [0.05, 0.1) is 24.4 Å². The van der Waals surface area contributed by atoms with Crippen molar-refractivity contribution < 1.29 is 17.9 Å². The molecule has 1 fully saturated rings. The van der Waals surface area contributed by atoms with Gasteiger partial charge in [-0.05, 0) is 12.1 Å². The molecular weight excluding hydrogens is 280 g/mol. The van der Waals surface area contributed by atoms with Crippen LogP contribution in [-0.4, -0.2) is 62.1 Å². The Hall–Kier alpha value is -1.60. The van der Waals surface area contributed by atoms with E-state index in [1.807, 2.05) is 0 Å². The van der Waals surface area contributed by atoms with Gasteiger partial charge in [0.25, 0.3) is 5.91 Å². The second-order valence-electron chi connectivity index (χ2n) is 5.22. The third kappa shape index (κ3) is 2.06. The lowest BCUT2D eigenvalue weighted by Gasteiger charge is -2.25. The van der Waals surface area contributed by atoms with E-state index in [2.05, 4.69) is 0 Å². The Kier molecular flexibility index (Phi) is 2.98. The number of amides is 1. The number of benzene rings is 1. The summed E-state index contributed by atoms with van der Waals surface area (Å²) in [4.78, 5) is 14.0. The molecule has 0 aliphatic carbocycles. The molecule has 1 amide bonds. The molecule has 2 aliphatic rings. The van der Waals surface area contributed by atoms with Crippen molar-refractivity contribution in [3.63, 3.8) is 0 Å². The number of sulfonamides is 1. The van der Waals surface area contributed by atoms with Crippen molar-refractivity contribution in [3.05, 3.63) is 29.8 Å². The van der Waals surface area contributed by atoms with E-state index in [4.69, 9.17) is 4.74 Å². The molecule has 0 bridgehead atoms. The van der Waals surface area contributed by atoms with E-state index in [0.717, 1.165) is 0 Å². The summed E-state index contributed by atoms with van der Waals surface area (Å²) in [5.41, 5.74) is 0.523. The highest BCUT2D eigenvalue weighted by molar-refractivity contribution is 7.88. The minimum Gasteiger partial charge on any atom is -0.486 e. The summed E-state index contributed by atoms with van der Waals surface area (Å²) in [6.07, 6.45) is 0.843. The molecule has 2 heterocycles. The van der Waals surface area contributed by atoms with Crippen LogP contribution in [0, 0.1) is 0 Å². The van der Waals surface area contributed by atoms with Gasteiger partial charge < -0.3 is 9.64 Å². The van der Waals surface area contributed by atoms with Crippen LogP contribution in [-0.2, 0) is 10.0 Å². The number of rotatable bonds is 1. The maximum atomic E-state index is 12.4. The number of nitrogens with zero attached hydrogens (tertiary/aromatic N) is 2. The predicted molar refractivity (Wildman–Crippen MR) is 73.2 cm³/mol. The molecule has 2 atom stereocenters. The molecule has 0 saturated carbocycles. The highest BCUT2D eigenvalue weighted by Crippen LogP contribution is 2.30. The summed E-state index contributed by atoms with van der Waals surface area (Å²) >= 11 is 0. The topological polar surface area (TPSA) is 66.9 Å². The van der Waals surface area contributed by atoms with Crippen LogP contribution in [0.3, 0.4) is 0 Å². The van der Waals surface area contributed by atoms with E-state index in [-0.39, 0.29) is 31.1 Å². The third-order valence-electron chi connectivity index (χ3n) is 3.89. The van der Waals surface area contributed by atoms with Gasteiger partial charge in [0, 0.05) is 13.6 Å². The summed E-state index contributed by atoms with van der Waals surface area (Å²) in [6, 6.07) is 6.80. The number of carbonyl (C=O) groups excluding carboxylic acids is 1. The number of fused-ring (bicyclic) bond motifs is 2. The Morgan fingerprint density at radius 2 is 1.95 bits per heavy atom. The van der Waals surface area contributed by atoms with Crippen LogP contribution in [0.5, 0.6) is 5.75 Å². The molecule has 2 unspecified atom stereocenters. The molecule has 1 aromatic carbocycles. The second-order valence-corrected chi connectivity index (χ2v) is 7.20. The highest BCUT2D eigenvalue weighted by atomic mass is 32.2. The van der Waals surface area contributed by atoms with Crippen molar-refractivity contribution in [2.24, 2.45) is 0 Å². The Morgan fingerprint density at radius 1 is 1.25 bits per heavy atom. The summed E-state index contributed by atoms with van der Waals surface area (Å²) in [6.45, 7) is 0.551. The minimum atomic E-state index is -3.28. The summed E-state index contributed by atoms with van der Waals surface area (Å²) in [7, 11) is -1.58. The Bertz CT molecular complexity index is 658. The van der Waals surface area contributed by atoms with Crippen LogP contribution in [0.15, 0.2) is 24.3 Å². The predicted octanol–water partition coefficient (Wildman–Crippen LogP) is 0.163. The number of para-hydroxylation sites is 1. The van der Waals surface area contributed by atoms with Crippen LogP contribution >= 0.6 is 0 Å². The first kappa shape index (κ1) is 13.4. The van der Waals surface area contributed by atoms with Gasteiger partial charge in [-0.1, -0.05) is 12.1 Å².